The maximum absolute atomic E-state index is 14.0. The van der Waals surface area contributed by atoms with E-state index in [0.717, 1.165) is 5.56 Å². The van der Waals surface area contributed by atoms with Gasteiger partial charge in [0.1, 0.15) is 30.4 Å². The van der Waals surface area contributed by atoms with Crippen LogP contribution in [0.4, 0.5) is 30.6 Å². The molecule has 0 amide bonds. The zero-order valence-electron chi connectivity index (χ0n) is 19.3. The molecule has 0 saturated heterocycles. The molecule has 12 heteroatoms. The minimum atomic E-state index is -4.68. The standard InChI is InChI=1S/C24H21ClF3N7O/c1-11-8-16(29)34-20(18(11)24(26,27)28)14-9-15-17-21(19(14)25)36-7-6-35(23(17)33-10-32-15)12(2)13-4-3-5-31-22(13)30/h3-5,8-10,12H,6-7H2,1-2H3,(H2,29,34)(H2,30,31)/t12-/m0/s1. The quantitative estimate of drug-likeness (QED) is 0.383. The molecule has 5 rings (SSSR count). The van der Waals surface area contributed by atoms with E-state index in [1.807, 2.05) is 17.9 Å². The highest BCUT2D eigenvalue weighted by Crippen LogP contribution is 2.48. The van der Waals surface area contributed by atoms with Crippen molar-refractivity contribution >= 4 is 40.0 Å². The number of nitrogens with two attached hydrogens (primary N) is 2. The van der Waals surface area contributed by atoms with E-state index in [1.165, 1.54) is 25.4 Å². The van der Waals surface area contributed by atoms with Crippen molar-refractivity contribution in [1.82, 2.24) is 19.9 Å². The minimum Gasteiger partial charge on any atom is -0.489 e. The Morgan fingerprint density at radius 2 is 1.94 bits per heavy atom. The number of aromatic nitrogens is 4. The molecule has 4 N–H and O–H groups in total. The fraction of sp³-hybridized carbons (Fsp3) is 0.250. The first kappa shape index (κ1) is 23.9. The first-order chi connectivity index (χ1) is 17.1. The molecule has 0 radical (unpaired) electrons. The number of rotatable bonds is 3. The van der Waals surface area contributed by atoms with Crippen LogP contribution in [0.25, 0.3) is 22.2 Å². The molecule has 0 bridgehead atoms. The van der Waals surface area contributed by atoms with E-state index in [4.69, 9.17) is 27.8 Å². The van der Waals surface area contributed by atoms with E-state index < -0.39 is 11.7 Å². The van der Waals surface area contributed by atoms with Gasteiger partial charge in [0.25, 0.3) is 0 Å². The molecule has 8 nitrogen and oxygen atoms in total. The predicted molar refractivity (Wildman–Crippen MR) is 132 cm³/mol. The van der Waals surface area contributed by atoms with Crippen LogP contribution in [0.1, 0.15) is 29.7 Å². The van der Waals surface area contributed by atoms with Gasteiger partial charge in [-0.3, -0.25) is 0 Å². The zero-order chi connectivity index (χ0) is 25.8. The number of nitrogen functional groups attached to an aromatic ring is 2. The lowest BCUT2D eigenvalue weighted by molar-refractivity contribution is -0.137. The Balaban J connectivity index is 1.75. The van der Waals surface area contributed by atoms with E-state index in [0.29, 0.717) is 29.1 Å². The topological polar surface area (TPSA) is 116 Å². The van der Waals surface area contributed by atoms with Gasteiger partial charge in [0.15, 0.2) is 5.75 Å². The van der Waals surface area contributed by atoms with Crippen LogP contribution in [0.3, 0.4) is 0 Å². The van der Waals surface area contributed by atoms with Gasteiger partial charge in [0, 0.05) is 17.3 Å². The highest BCUT2D eigenvalue weighted by molar-refractivity contribution is 6.36. The molecule has 1 aliphatic heterocycles. The van der Waals surface area contributed by atoms with Crippen molar-refractivity contribution in [2.24, 2.45) is 0 Å². The second-order valence-corrected chi connectivity index (χ2v) is 8.82. The third-order valence-electron chi connectivity index (χ3n) is 6.22. The van der Waals surface area contributed by atoms with Gasteiger partial charge >= 0.3 is 6.18 Å². The summed E-state index contributed by atoms with van der Waals surface area (Å²) < 4.78 is 48.1. The zero-order valence-corrected chi connectivity index (χ0v) is 20.0. The summed E-state index contributed by atoms with van der Waals surface area (Å²) in [4.78, 5) is 19.0. The molecule has 1 aliphatic rings. The summed E-state index contributed by atoms with van der Waals surface area (Å²) in [5, 5.41) is 0.448. The van der Waals surface area contributed by atoms with Gasteiger partial charge in [-0.05, 0) is 37.6 Å². The summed E-state index contributed by atoms with van der Waals surface area (Å²) >= 11 is 6.72. The molecule has 0 aliphatic carbocycles. The molecule has 0 unspecified atom stereocenters. The molecule has 186 valence electrons. The molecule has 36 heavy (non-hydrogen) atoms. The Hall–Kier alpha value is -3.86. The fourth-order valence-electron chi connectivity index (χ4n) is 4.61. The highest BCUT2D eigenvalue weighted by atomic mass is 35.5. The average Bonchev–Trinajstić information content (AvgIpc) is 3.01. The largest absolute Gasteiger partial charge is 0.489 e. The molecule has 3 aromatic heterocycles. The molecule has 1 aromatic carbocycles. The number of pyridine rings is 2. The summed E-state index contributed by atoms with van der Waals surface area (Å²) in [5.74, 6) is 1.03. The van der Waals surface area contributed by atoms with Crippen molar-refractivity contribution in [3.05, 3.63) is 58.5 Å². The fourth-order valence-corrected chi connectivity index (χ4v) is 4.90. The summed E-state index contributed by atoms with van der Waals surface area (Å²) in [5.41, 5.74) is 11.7. The van der Waals surface area contributed by atoms with Crippen LogP contribution in [0, 0.1) is 6.92 Å². The number of alkyl halides is 3. The van der Waals surface area contributed by atoms with E-state index in [-0.39, 0.29) is 46.1 Å². The molecule has 0 spiro atoms. The Morgan fingerprint density at radius 3 is 2.67 bits per heavy atom. The summed E-state index contributed by atoms with van der Waals surface area (Å²) in [6.07, 6.45) is -1.72. The maximum atomic E-state index is 14.0. The maximum Gasteiger partial charge on any atom is 0.418 e. The third-order valence-corrected chi connectivity index (χ3v) is 6.59. The van der Waals surface area contributed by atoms with Crippen LogP contribution in [-0.4, -0.2) is 33.1 Å². The molecular formula is C24H21ClF3N7O. The lowest BCUT2D eigenvalue weighted by Gasteiger charge is -2.30. The van der Waals surface area contributed by atoms with Gasteiger partial charge in [-0.25, -0.2) is 19.9 Å². The van der Waals surface area contributed by atoms with Crippen molar-refractivity contribution in [1.29, 1.82) is 0 Å². The molecule has 1 atom stereocenters. The molecule has 0 saturated carbocycles. The Morgan fingerprint density at radius 1 is 1.17 bits per heavy atom. The number of hydrogen-bond acceptors (Lipinski definition) is 8. The summed E-state index contributed by atoms with van der Waals surface area (Å²) in [7, 11) is 0. The Bertz CT molecular complexity index is 1500. The van der Waals surface area contributed by atoms with E-state index in [2.05, 4.69) is 19.9 Å². The number of anilines is 3. The van der Waals surface area contributed by atoms with Gasteiger partial charge in [0.2, 0.25) is 0 Å². The monoisotopic (exact) mass is 515 g/mol. The van der Waals surface area contributed by atoms with E-state index >= 15 is 0 Å². The highest BCUT2D eigenvalue weighted by Gasteiger charge is 2.38. The lowest BCUT2D eigenvalue weighted by Crippen LogP contribution is -2.31. The number of halogens is 4. The number of ether oxygens (including phenoxy) is 1. The first-order valence-corrected chi connectivity index (χ1v) is 11.4. The number of hydrogen-bond donors (Lipinski definition) is 2. The van der Waals surface area contributed by atoms with Crippen LogP contribution >= 0.6 is 11.6 Å². The average molecular weight is 516 g/mol. The number of benzene rings is 1. The molecule has 4 heterocycles. The van der Waals surface area contributed by atoms with Gasteiger partial charge in [-0.2, -0.15) is 13.2 Å². The Kier molecular flexibility index (Phi) is 5.74. The van der Waals surface area contributed by atoms with Crippen LogP contribution in [0.15, 0.2) is 36.8 Å². The second-order valence-electron chi connectivity index (χ2n) is 8.44. The van der Waals surface area contributed by atoms with Crippen molar-refractivity contribution < 1.29 is 17.9 Å². The van der Waals surface area contributed by atoms with Crippen molar-refractivity contribution in [3.8, 4) is 17.0 Å². The van der Waals surface area contributed by atoms with Gasteiger partial charge in [-0.15, -0.1) is 0 Å². The van der Waals surface area contributed by atoms with Crippen LogP contribution in [0.2, 0.25) is 5.02 Å². The van der Waals surface area contributed by atoms with Gasteiger partial charge < -0.3 is 21.1 Å². The van der Waals surface area contributed by atoms with Gasteiger partial charge in [0.05, 0.1) is 39.8 Å². The van der Waals surface area contributed by atoms with Crippen molar-refractivity contribution in [3.63, 3.8) is 0 Å². The van der Waals surface area contributed by atoms with Crippen LogP contribution in [0.5, 0.6) is 5.75 Å². The smallest absolute Gasteiger partial charge is 0.418 e. The number of nitrogens with zero attached hydrogens (tertiary/aromatic N) is 5. The lowest BCUT2D eigenvalue weighted by atomic mass is 9.99. The van der Waals surface area contributed by atoms with Crippen molar-refractivity contribution in [2.45, 2.75) is 26.1 Å². The van der Waals surface area contributed by atoms with E-state index in [1.54, 1.807) is 12.3 Å². The summed E-state index contributed by atoms with van der Waals surface area (Å²) in [6.45, 7) is 3.88. The predicted octanol–water partition coefficient (Wildman–Crippen LogP) is 5.19. The van der Waals surface area contributed by atoms with Crippen LogP contribution in [-0.2, 0) is 6.18 Å². The normalized spacial score (nSPS) is 14.4. The summed E-state index contributed by atoms with van der Waals surface area (Å²) in [6, 6.07) is 6.07. The third kappa shape index (κ3) is 3.89. The second kappa shape index (κ2) is 8.66. The minimum absolute atomic E-state index is 0.0181. The molecule has 4 aromatic rings. The first-order valence-electron chi connectivity index (χ1n) is 11.0. The molecular weight excluding hydrogens is 495 g/mol. The molecule has 0 fully saturated rings. The Labute approximate surface area is 209 Å². The number of aryl methyl sites for hydroxylation is 1. The van der Waals surface area contributed by atoms with E-state index in [9.17, 15) is 13.2 Å². The van der Waals surface area contributed by atoms with Crippen LogP contribution < -0.4 is 21.1 Å². The van der Waals surface area contributed by atoms with Gasteiger partial charge in [-0.1, -0.05) is 17.7 Å². The van der Waals surface area contributed by atoms with Crippen molar-refractivity contribution in [2.75, 3.05) is 29.5 Å². The SMILES string of the molecule is Cc1cc(N)nc(-c2cc3ncnc4c3c(c2Cl)OCCN4[C@@H](C)c2cccnc2N)c1C(F)(F)F.